The van der Waals surface area contributed by atoms with Crippen molar-refractivity contribution < 1.29 is 28.2 Å². The van der Waals surface area contributed by atoms with Crippen molar-refractivity contribution in [3.63, 3.8) is 0 Å². The lowest BCUT2D eigenvalue weighted by molar-refractivity contribution is -0.155. The molecule has 8 nitrogen and oxygen atoms in total. The van der Waals surface area contributed by atoms with Crippen LogP contribution >= 0.6 is 11.6 Å². The van der Waals surface area contributed by atoms with E-state index >= 15 is 0 Å². The van der Waals surface area contributed by atoms with E-state index in [0.29, 0.717) is 33.2 Å². The van der Waals surface area contributed by atoms with Crippen LogP contribution in [0.1, 0.15) is 12.5 Å². The number of hydrogen-bond acceptors (Lipinski definition) is 7. The number of anilines is 1. The normalized spacial score (nSPS) is 11.6. The van der Waals surface area contributed by atoms with Gasteiger partial charge in [0, 0.05) is 28.6 Å². The number of ether oxygens (including phenoxy) is 3. The Morgan fingerprint density at radius 1 is 1.16 bits per heavy atom. The molecule has 0 aliphatic heterocycles. The third kappa shape index (κ3) is 5.55. The van der Waals surface area contributed by atoms with Gasteiger partial charge in [0.25, 0.3) is 5.91 Å². The minimum Gasteiger partial charge on any atom is -0.495 e. The molecular weight excluding hydrogens is 426 g/mol. The summed E-state index contributed by atoms with van der Waals surface area (Å²) in [7, 11) is 1.45. The second-order valence-corrected chi connectivity index (χ2v) is 7.07. The van der Waals surface area contributed by atoms with Gasteiger partial charge in [-0.15, -0.1) is 0 Å². The molecule has 0 saturated carbocycles. The minimum absolute atomic E-state index is 0.317. The van der Waals surface area contributed by atoms with Gasteiger partial charge in [-0.25, -0.2) is 9.59 Å². The Labute approximate surface area is 182 Å². The highest BCUT2D eigenvalue weighted by molar-refractivity contribution is 6.31. The van der Waals surface area contributed by atoms with Gasteiger partial charge in [-0.05, 0) is 43.7 Å². The van der Waals surface area contributed by atoms with Crippen LogP contribution in [0.3, 0.4) is 0 Å². The van der Waals surface area contributed by atoms with E-state index < -0.39 is 30.2 Å². The van der Waals surface area contributed by atoms with Gasteiger partial charge in [-0.1, -0.05) is 11.6 Å². The second kappa shape index (κ2) is 9.53. The van der Waals surface area contributed by atoms with Crippen LogP contribution in [0.2, 0.25) is 5.02 Å². The van der Waals surface area contributed by atoms with E-state index in [4.69, 9.17) is 30.2 Å². The van der Waals surface area contributed by atoms with E-state index in [1.54, 1.807) is 37.3 Å². The Bertz CT molecular complexity index is 1190. The Balaban J connectivity index is 1.57. The summed E-state index contributed by atoms with van der Waals surface area (Å²) in [6.45, 7) is 2.80. The molecule has 1 amide bonds. The molecule has 0 aliphatic carbocycles. The molecule has 31 heavy (non-hydrogen) atoms. The smallest absolute Gasteiger partial charge is 0.344 e. The number of halogens is 1. The van der Waals surface area contributed by atoms with Crippen molar-refractivity contribution in [1.29, 1.82) is 0 Å². The zero-order chi connectivity index (χ0) is 22.5. The van der Waals surface area contributed by atoms with Crippen LogP contribution in [-0.4, -0.2) is 31.7 Å². The van der Waals surface area contributed by atoms with Gasteiger partial charge >= 0.3 is 11.6 Å². The van der Waals surface area contributed by atoms with E-state index in [1.807, 2.05) is 0 Å². The SMILES string of the molecule is COc1cc(Cl)c(C)cc1NC(=O)C(C)OC(=O)COc1ccc2ccc(=O)oc2c1. The summed E-state index contributed by atoms with van der Waals surface area (Å²) in [6, 6.07) is 11.0. The van der Waals surface area contributed by atoms with E-state index in [0.717, 1.165) is 5.56 Å². The summed E-state index contributed by atoms with van der Waals surface area (Å²) in [4.78, 5) is 35.8. The van der Waals surface area contributed by atoms with Gasteiger partial charge in [-0.3, -0.25) is 4.79 Å². The van der Waals surface area contributed by atoms with Crippen molar-refractivity contribution in [2.45, 2.75) is 20.0 Å². The van der Waals surface area contributed by atoms with E-state index in [-0.39, 0.29) is 0 Å². The molecular formula is C22H20ClNO7. The fourth-order valence-electron chi connectivity index (χ4n) is 2.72. The minimum atomic E-state index is -1.08. The highest BCUT2D eigenvalue weighted by Gasteiger charge is 2.20. The summed E-state index contributed by atoms with van der Waals surface area (Å²) in [6.07, 6.45) is -1.08. The Hall–Kier alpha value is -3.52. The van der Waals surface area contributed by atoms with Crippen LogP contribution in [0.4, 0.5) is 5.69 Å². The maximum atomic E-state index is 12.4. The molecule has 0 saturated heterocycles. The summed E-state index contributed by atoms with van der Waals surface area (Å²) in [5.41, 5.74) is 1.00. The molecule has 1 heterocycles. The number of methoxy groups -OCH3 is 1. The summed E-state index contributed by atoms with van der Waals surface area (Å²) in [5, 5.41) is 3.87. The van der Waals surface area contributed by atoms with E-state index in [1.165, 1.54) is 26.2 Å². The lowest BCUT2D eigenvalue weighted by Gasteiger charge is -2.16. The summed E-state index contributed by atoms with van der Waals surface area (Å²) >= 11 is 6.06. The lowest BCUT2D eigenvalue weighted by Crippen LogP contribution is -2.31. The number of benzene rings is 2. The first kappa shape index (κ1) is 22.2. The number of hydrogen-bond donors (Lipinski definition) is 1. The monoisotopic (exact) mass is 445 g/mol. The average Bonchev–Trinajstić information content (AvgIpc) is 2.74. The molecule has 0 aliphatic rings. The number of rotatable bonds is 7. The molecule has 3 aromatic rings. The lowest BCUT2D eigenvalue weighted by atomic mass is 10.2. The molecule has 9 heteroatoms. The molecule has 1 unspecified atom stereocenters. The molecule has 0 bridgehead atoms. The fraction of sp³-hybridized carbons (Fsp3) is 0.227. The zero-order valence-electron chi connectivity index (χ0n) is 17.1. The standard InChI is InChI=1S/C22H20ClNO7/c1-12-8-17(19(28-3)10-16(12)23)24-22(27)13(2)30-21(26)11-29-15-6-4-14-5-7-20(25)31-18(14)9-15/h4-10,13H,11H2,1-3H3,(H,24,27). The van der Waals surface area contributed by atoms with Crippen molar-refractivity contribution in [1.82, 2.24) is 0 Å². The molecule has 3 rings (SSSR count). The molecule has 1 aromatic heterocycles. The zero-order valence-corrected chi connectivity index (χ0v) is 17.8. The average molecular weight is 446 g/mol. The van der Waals surface area contributed by atoms with Gasteiger partial charge in [0.1, 0.15) is 17.1 Å². The number of carbonyl (C=O) groups excluding carboxylic acids is 2. The first-order chi connectivity index (χ1) is 14.8. The van der Waals surface area contributed by atoms with Crippen LogP contribution in [0.5, 0.6) is 11.5 Å². The van der Waals surface area contributed by atoms with Crippen molar-refractivity contribution in [2.75, 3.05) is 19.0 Å². The van der Waals surface area contributed by atoms with Crippen molar-refractivity contribution in [2.24, 2.45) is 0 Å². The maximum Gasteiger partial charge on any atom is 0.344 e. The van der Waals surface area contributed by atoms with Crippen molar-refractivity contribution >= 4 is 40.1 Å². The van der Waals surface area contributed by atoms with Crippen LogP contribution in [0, 0.1) is 6.92 Å². The third-order valence-corrected chi connectivity index (χ3v) is 4.77. The predicted molar refractivity (Wildman–Crippen MR) is 115 cm³/mol. The van der Waals surface area contributed by atoms with Crippen LogP contribution in [0.25, 0.3) is 11.0 Å². The van der Waals surface area contributed by atoms with Crippen molar-refractivity contribution in [3.05, 3.63) is 63.5 Å². The Kier molecular flexibility index (Phi) is 6.81. The number of fused-ring (bicyclic) bond motifs is 1. The van der Waals surface area contributed by atoms with Gasteiger partial charge in [0.05, 0.1) is 12.8 Å². The van der Waals surface area contributed by atoms with Crippen LogP contribution < -0.4 is 20.4 Å². The van der Waals surface area contributed by atoms with Gasteiger partial charge in [0.2, 0.25) is 0 Å². The molecule has 0 radical (unpaired) electrons. The number of aryl methyl sites for hydroxylation is 1. The molecule has 162 valence electrons. The first-order valence-corrected chi connectivity index (χ1v) is 9.66. The summed E-state index contributed by atoms with van der Waals surface area (Å²) < 4.78 is 20.8. The van der Waals surface area contributed by atoms with E-state index in [2.05, 4.69) is 5.32 Å². The van der Waals surface area contributed by atoms with E-state index in [9.17, 15) is 14.4 Å². The summed E-state index contributed by atoms with van der Waals surface area (Å²) in [5.74, 6) is -0.580. The Morgan fingerprint density at radius 3 is 2.65 bits per heavy atom. The van der Waals surface area contributed by atoms with Gasteiger partial charge in [-0.2, -0.15) is 0 Å². The Morgan fingerprint density at radius 2 is 1.90 bits per heavy atom. The largest absolute Gasteiger partial charge is 0.495 e. The van der Waals surface area contributed by atoms with Gasteiger partial charge in [0.15, 0.2) is 12.7 Å². The highest BCUT2D eigenvalue weighted by atomic mass is 35.5. The fourth-order valence-corrected chi connectivity index (χ4v) is 2.88. The number of nitrogens with one attached hydrogen (secondary N) is 1. The maximum absolute atomic E-state index is 12.4. The molecule has 0 spiro atoms. The topological polar surface area (TPSA) is 104 Å². The molecule has 2 aromatic carbocycles. The van der Waals surface area contributed by atoms with Gasteiger partial charge < -0.3 is 23.9 Å². The van der Waals surface area contributed by atoms with Crippen LogP contribution in [-0.2, 0) is 14.3 Å². The number of amides is 1. The number of esters is 1. The predicted octanol–water partition coefficient (Wildman–Crippen LogP) is 3.71. The first-order valence-electron chi connectivity index (χ1n) is 9.28. The van der Waals surface area contributed by atoms with Crippen LogP contribution in [0.15, 0.2) is 51.7 Å². The second-order valence-electron chi connectivity index (χ2n) is 6.67. The third-order valence-electron chi connectivity index (χ3n) is 4.37. The highest BCUT2D eigenvalue weighted by Crippen LogP contribution is 2.31. The molecule has 1 atom stereocenters. The van der Waals surface area contributed by atoms with Crippen molar-refractivity contribution in [3.8, 4) is 11.5 Å². The quantitative estimate of drug-likeness (QED) is 0.436. The number of carbonyl (C=O) groups is 2. The molecule has 1 N–H and O–H groups in total. The molecule has 0 fully saturated rings.